The predicted molar refractivity (Wildman–Crippen MR) is 71.6 cm³/mol. The van der Waals surface area contributed by atoms with E-state index in [1.807, 2.05) is 0 Å². The van der Waals surface area contributed by atoms with Gasteiger partial charge >= 0.3 is 6.18 Å². The zero-order valence-corrected chi connectivity index (χ0v) is 12.1. The molecule has 1 aliphatic carbocycles. The fourth-order valence-electron chi connectivity index (χ4n) is 3.30. The normalized spacial score (nSPS) is 28.7. The van der Waals surface area contributed by atoms with Gasteiger partial charge in [-0.1, -0.05) is 6.42 Å². The molecule has 1 N–H and O–H groups in total. The number of halogens is 3. The van der Waals surface area contributed by atoms with E-state index in [9.17, 15) is 18.0 Å². The lowest BCUT2D eigenvalue weighted by molar-refractivity contribution is -0.187. The quantitative estimate of drug-likeness (QED) is 0.859. The van der Waals surface area contributed by atoms with Gasteiger partial charge in [-0.25, -0.2) is 0 Å². The Labute approximate surface area is 122 Å². The van der Waals surface area contributed by atoms with E-state index in [1.165, 1.54) is 0 Å². The first kappa shape index (κ1) is 16.5. The van der Waals surface area contributed by atoms with Gasteiger partial charge in [-0.2, -0.15) is 13.2 Å². The summed E-state index contributed by atoms with van der Waals surface area (Å²) in [5.41, 5.74) is 0. The minimum absolute atomic E-state index is 0.0564. The minimum atomic E-state index is -4.18. The molecule has 21 heavy (non-hydrogen) atoms. The van der Waals surface area contributed by atoms with Gasteiger partial charge in [0.1, 0.15) is 0 Å². The van der Waals surface area contributed by atoms with Crippen molar-refractivity contribution < 1.29 is 23.1 Å². The summed E-state index contributed by atoms with van der Waals surface area (Å²) in [6.07, 6.45) is -3.04. The Morgan fingerprint density at radius 2 is 1.81 bits per heavy atom. The van der Waals surface area contributed by atoms with Crippen LogP contribution in [0.25, 0.3) is 0 Å². The summed E-state index contributed by atoms with van der Waals surface area (Å²) in [4.78, 5) is 16.1. The number of amides is 1. The second-order valence-electron chi connectivity index (χ2n) is 5.99. The first-order chi connectivity index (χ1) is 9.91. The summed E-state index contributed by atoms with van der Waals surface area (Å²) in [6.45, 7) is 3.13. The maximum absolute atomic E-state index is 12.8. The third kappa shape index (κ3) is 4.32. The molecule has 0 aromatic heterocycles. The molecule has 122 valence electrons. The average Bonchev–Trinajstić information content (AvgIpc) is 2.47. The van der Waals surface area contributed by atoms with Gasteiger partial charge in [0, 0.05) is 38.6 Å². The van der Waals surface area contributed by atoms with Crippen LogP contribution >= 0.6 is 0 Å². The van der Waals surface area contributed by atoms with Crippen LogP contribution in [-0.2, 0) is 4.79 Å². The number of carbonyl (C=O) groups is 1. The molecule has 1 saturated carbocycles. The van der Waals surface area contributed by atoms with Crippen LogP contribution in [0, 0.1) is 11.8 Å². The van der Waals surface area contributed by atoms with Crippen molar-refractivity contribution >= 4 is 5.91 Å². The molecule has 0 aromatic carbocycles. The third-order valence-corrected chi connectivity index (χ3v) is 4.59. The van der Waals surface area contributed by atoms with Gasteiger partial charge in [0.25, 0.3) is 0 Å². The highest BCUT2D eigenvalue weighted by Crippen LogP contribution is 2.40. The molecule has 1 amide bonds. The van der Waals surface area contributed by atoms with Gasteiger partial charge in [-0.3, -0.25) is 9.69 Å². The van der Waals surface area contributed by atoms with Gasteiger partial charge in [0.15, 0.2) is 0 Å². The lowest BCUT2D eigenvalue weighted by Gasteiger charge is -2.38. The van der Waals surface area contributed by atoms with Crippen molar-refractivity contribution in [2.75, 3.05) is 39.3 Å². The van der Waals surface area contributed by atoms with Gasteiger partial charge in [0.2, 0.25) is 5.91 Å². The SMILES string of the molecule is O=C([C@H]1CCC[C@H](C(F)(F)F)C1)N1CCN(CCO)CC1. The van der Waals surface area contributed by atoms with Crippen LogP contribution in [0.1, 0.15) is 25.7 Å². The zero-order valence-electron chi connectivity index (χ0n) is 12.1. The maximum atomic E-state index is 12.8. The number of hydrogen-bond donors (Lipinski definition) is 1. The molecule has 0 spiro atoms. The van der Waals surface area contributed by atoms with Crippen molar-refractivity contribution in [3.8, 4) is 0 Å². The Hall–Kier alpha value is -0.820. The maximum Gasteiger partial charge on any atom is 0.391 e. The van der Waals surface area contributed by atoms with E-state index in [-0.39, 0.29) is 25.4 Å². The topological polar surface area (TPSA) is 43.8 Å². The molecule has 0 bridgehead atoms. The smallest absolute Gasteiger partial charge is 0.391 e. The molecule has 2 fully saturated rings. The van der Waals surface area contributed by atoms with Crippen LogP contribution in [0.4, 0.5) is 13.2 Å². The number of hydrogen-bond acceptors (Lipinski definition) is 3. The van der Waals surface area contributed by atoms with Gasteiger partial charge < -0.3 is 10.0 Å². The van der Waals surface area contributed by atoms with Crippen molar-refractivity contribution in [3.05, 3.63) is 0 Å². The van der Waals surface area contributed by atoms with Crippen LogP contribution in [0.5, 0.6) is 0 Å². The highest BCUT2D eigenvalue weighted by Gasteiger charge is 2.44. The van der Waals surface area contributed by atoms with Crippen molar-refractivity contribution in [1.82, 2.24) is 9.80 Å². The van der Waals surface area contributed by atoms with E-state index in [0.29, 0.717) is 45.6 Å². The Bertz CT molecular complexity index is 355. The lowest BCUT2D eigenvalue weighted by atomic mass is 9.80. The molecule has 0 aromatic rings. The first-order valence-corrected chi connectivity index (χ1v) is 7.60. The second kappa shape index (κ2) is 6.96. The Balaban J connectivity index is 1.86. The Morgan fingerprint density at radius 1 is 1.14 bits per heavy atom. The summed E-state index contributed by atoms with van der Waals surface area (Å²) in [6, 6.07) is 0. The molecule has 0 radical (unpaired) electrons. The van der Waals surface area contributed by atoms with Gasteiger partial charge in [-0.15, -0.1) is 0 Å². The predicted octanol–water partition coefficient (Wildman–Crippen LogP) is 1.49. The van der Waals surface area contributed by atoms with Gasteiger partial charge in [-0.05, 0) is 19.3 Å². The van der Waals surface area contributed by atoms with Crippen molar-refractivity contribution in [1.29, 1.82) is 0 Å². The molecule has 0 unspecified atom stereocenters. The van der Waals surface area contributed by atoms with Crippen LogP contribution in [0.3, 0.4) is 0 Å². The molecule has 2 aliphatic rings. The largest absolute Gasteiger partial charge is 0.395 e. The summed E-state index contributed by atoms with van der Waals surface area (Å²) >= 11 is 0. The highest BCUT2D eigenvalue weighted by molar-refractivity contribution is 5.79. The van der Waals surface area contributed by atoms with Crippen molar-refractivity contribution in [2.45, 2.75) is 31.9 Å². The number of carbonyl (C=O) groups excluding carboxylic acids is 1. The third-order valence-electron chi connectivity index (χ3n) is 4.59. The number of piperazine rings is 1. The number of alkyl halides is 3. The number of aliphatic hydroxyl groups excluding tert-OH is 1. The summed E-state index contributed by atoms with van der Waals surface area (Å²) in [7, 11) is 0. The standard InChI is InChI=1S/C14H23F3N2O2/c15-14(16,17)12-3-1-2-11(10-12)13(21)19-6-4-18(5-7-19)8-9-20/h11-12,20H,1-10H2/t11-,12-/m0/s1. The molecule has 7 heteroatoms. The monoisotopic (exact) mass is 308 g/mol. The Kier molecular flexibility index (Phi) is 5.48. The van der Waals surface area contributed by atoms with Crippen LogP contribution in [-0.4, -0.2) is 66.3 Å². The van der Waals surface area contributed by atoms with E-state index in [1.54, 1.807) is 4.90 Å². The molecule has 1 saturated heterocycles. The number of nitrogens with zero attached hydrogens (tertiary/aromatic N) is 2. The van der Waals surface area contributed by atoms with Crippen LogP contribution in [0.15, 0.2) is 0 Å². The molecule has 1 heterocycles. The molecular weight excluding hydrogens is 285 g/mol. The number of rotatable bonds is 3. The van der Waals surface area contributed by atoms with Crippen molar-refractivity contribution in [2.24, 2.45) is 11.8 Å². The number of β-amino-alcohol motifs (C(OH)–C–C–N with tert-alkyl or cyclic N) is 1. The highest BCUT2D eigenvalue weighted by atomic mass is 19.4. The number of aliphatic hydroxyl groups is 1. The van der Waals surface area contributed by atoms with E-state index in [0.717, 1.165) is 0 Å². The van der Waals surface area contributed by atoms with Crippen molar-refractivity contribution in [3.63, 3.8) is 0 Å². The summed E-state index contributed by atoms with van der Waals surface area (Å²) in [5.74, 6) is -1.92. The molecule has 2 atom stereocenters. The fourth-order valence-corrected chi connectivity index (χ4v) is 3.30. The molecule has 4 nitrogen and oxygen atoms in total. The van der Waals surface area contributed by atoms with E-state index < -0.39 is 18.0 Å². The Morgan fingerprint density at radius 3 is 2.38 bits per heavy atom. The molecule has 2 rings (SSSR count). The minimum Gasteiger partial charge on any atom is -0.395 e. The summed E-state index contributed by atoms with van der Waals surface area (Å²) < 4.78 is 38.4. The fraction of sp³-hybridized carbons (Fsp3) is 0.929. The van der Waals surface area contributed by atoms with E-state index in [2.05, 4.69) is 4.90 Å². The van der Waals surface area contributed by atoms with Gasteiger partial charge in [0.05, 0.1) is 12.5 Å². The van der Waals surface area contributed by atoms with E-state index in [4.69, 9.17) is 5.11 Å². The molecule has 1 aliphatic heterocycles. The van der Waals surface area contributed by atoms with Crippen LogP contribution < -0.4 is 0 Å². The average molecular weight is 308 g/mol. The summed E-state index contributed by atoms with van der Waals surface area (Å²) in [5, 5.41) is 8.87. The molecular formula is C14H23F3N2O2. The second-order valence-corrected chi connectivity index (χ2v) is 5.99. The van der Waals surface area contributed by atoms with Crippen LogP contribution in [0.2, 0.25) is 0 Å². The van der Waals surface area contributed by atoms with E-state index >= 15 is 0 Å². The zero-order chi connectivity index (χ0) is 15.5. The lowest BCUT2D eigenvalue weighted by Crippen LogP contribution is -2.51. The first-order valence-electron chi connectivity index (χ1n) is 7.60.